The minimum Gasteiger partial charge on any atom is -0.491 e. The number of rotatable bonds is 30. The van der Waals surface area contributed by atoms with Crippen LogP contribution in [0.1, 0.15) is 0 Å². The second kappa shape index (κ2) is 29.1. The van der Waals surface area contributed by atoms with Crippen LogP contribution in [0.25, 0.3) is 0 Å². The summed E-state index contributed by atoms with van der Waals surface area (Å²) < 4.78 is 58.4. The SMILES string of the molecule is COC(=O)COCCOCCOCCOCCOCCOCCOCCOCCOCCOc1ccccc1. The first-order chi connectivity index (χ1) is 19.3. The Bertz CT molecular complexity index is 634. The standard InChI is InChI=1S/C27H46O12/c1-29-27(28)25-38-22-21-36-18-17-34-14-13-32-10-9-30-7-8-31-11-12-33-15-16-35-19-20-37-23-24-39-26-5-3-2-4-6-26/h2-6H,7-25H2,1H3. The number of carbonyl (C=O) groups excluding carboxylic acids is 1. The van der Waals surface area contributed by atoms with Crippen molar-refractivity contribution in [2.75, 3.05) is 133 Å². The molecule has 1 aromatic carbocycles. The third-order valence-electron chi connectivity index (χ3n) is 4.66. The molecule has 226 valence electrons. The monoisotopic (exact) mass is 562 g/mol. The molecule has 0 unspecified atom stereocenters. The van der Waals surface area contributed by atoms with Crippen LogP contribution in [0.2, 0.25) is 0 Å². The van der Waals surface area contributed by atoms with Gasteiger partial charge < -0.3 is 52.1 Å². The van der Waals surface area contributed by atoms with Gasteiger partial charge >= 0.3 is 5.97 Å². The molecule has 0 fully saturated rings. The smallest absolute Gasteiger partial charge is 0.331 e. The maximum absolute atomic E-state index is 10.8. The average molecular weight is 563 g/mol. The van der Waals surface area contributed by atoms with Gasteiger partial charge in [0.05, 0.1) is 119 Å². The number of para-hydroxylation sites is 1. The van der Waals surface area contributed by atoms with Crippen LogP contribution < -0.4 is 4.74 Å². The zero-order valence-corrected chi connectivity index (χ0v) is 23.2. The first-order valence-electron chi connectivity index (χ1n) is 13.3. The van der Waals surface area contributed by atoms with Gasteiger partial charge in [0.2, 0.25) is 0 Å². The van der Waals surface area contributed by atoms with Crippen LogP contribution in [0.4, 0.5) is 0 Å². The van der Waals surface area contributed by atoms with E-state index in [2.05, 4.69) is 4.74 Å². The van der Waals surface area contributed by atoms with E-state index in [4.69, 9.17) is 47.4 Å². The molecule has 0 aliphatic heterocycles. The molecule has 1 aromatic rings. The number of hydrogen-bond acceptors (Lipinski definition) is 12. The van der Waals surface area contributed by atoms with E-state index < -0.39 is 5.97 Å². The van der Waals surface area contributed by atoms with E-state index in [9.17, 15) is 4.79 Å². The zero-order chi connectivity index (χ0) is 27.9. The molecule has 0 radical (unpaired) electrons. The van der Waals surface area contributed by atoms with E-state index in [1.165, 1.54) is 7.11 Å². The molecule has 0 spiro atoms. The predicted octanol–water partition coefficient (Wildman–Crippen LogP) is 1.39. The van der Waals surface area contributed by atoms with Crippen molar-refractivity contribution in [3.8, 4) is 5.75 Å². The minimum atomic E-state index is -0.406. The fourth-order valence-corrected chi connectivity index (χ4v) is 2.71. The van der Waals surface area contributed by atoms with Gasteiger partial charge in [-0.1, -0.05) is 18.2 Å². The second-order valence-electron chi connectivity index (χ2n) is 7.69. The van der Waals surface area contributed by atoms with Gasteiger partial charge in [0.15, 0.2) is 0 Å². The van der Waals surface area contributed by atoms with E-state index in [1.807, 2.05) is 30.3 Å². The van der Waals surface area contributed by atoms with Crippen LogP contribution in [0, 0.1) is 0 Å². The maximum atomic E-state index is 10.8. The molecule has 0 amide bonds. The van der Waals surface area contributed by atoms with E-state index in [-0.39, 0.29) is 6.61 Å². The zero-order valence-electron chi connectivity index (χ0n) is 23.2. The van der Waals surface area contributed by atoms with Crippen molar-refractivity contribution >= 4 is 5.97 Å². The summed E-state index contributed by atoms with van der Waals surface area (Å²) in [4.78, 5) is 10.8. The molecule has 0 aromatic heterocycles. The van der Waals surface area contributed by atoms with Crippen molar-refractivity contribution in [3.63, 3.8) is 0 Å². The normalized spacial score (nSPS) is 11.1. The van der Waals surface area contributed by atoms with E-state index in [0.717, 1.165) is 5.75 Å². The van der Waals surface area contributed by atoms with Crippen molar-refractivity contribution in [3.05, 3.63) is 30.3 Å². The highest BCUT2D eigenvalue weighted by Crippen LogP contribution is 2.07. The summed E-state index contributed by atoms with van der Waals surface area (Å²) in [5, 5.41) is 0. The quantitative estimate of drug-likeness (QED) is 0.0996. The Morgan fingerprint density at radius 1 is 0.462 bits per heavy atom. The number of benzene rings is 1. The van der Waals surface area contributed by atoms with Gasteiger partial charge in [-0.25, -0.2) is 4.79 Å². The Morgan fingerprint density at radius 3 is 1.10 bits per heavy atom. The topological polar surface area (TPSA) is 119 Å². The number of carbonyl (C=O) groups is 1. The third-order valence-corrected chi connectivity index (χ3v) is 4.66. The highest BCUT2D eigenvalue weighted by atomic mass is 16.6. The van der Waals surface area contributed by atoms with E-state index >= 15 is 0 Å². The Morgan fingerprint density at radius 2 is 0.769 bits per heavy atom. The van der Waals surface area contributed by atoms with Gasteiger partial charge in [-0.05, 0) is 12.1 Å². The molecule has 12 heteroatoms. The van der Waals surface area contributed by atoms with Crippen molar-refractivity contribution in [2.24, 2.45) is 0 Å². The van der Waals surface area contributed by atoms with Crippen LogP contribution in [0.15, 0.2) is 30.3 Å². The molecule has 1 rings (SSSR count). The van der Waals surface area contributed by atoms with Gasteiger partial charge in [-0.15, -0.1) is 0 Å². The van der Waals surface area contributed by atoms with Crippen LogP contribution in [-0.2, 0) is 52.2 Å². The van der Waals surface area contributed by atoms with Gasteiger partial charge in [-0.2, -0.15) is 0 Å². The first-order valence-corrected chi connectivity index (χ1v) is 13.3. The van der Waals surface area contributed by atoms with Crippen molar-refractivity contribution in [1.82, 2.24) is 0 Å². The van der Waals surface area contributed by atoms with Crippen LogP contribution in [0.3, 0.4) is 0 Å². The van der Waals surface area contributed by atoms with Gasteiger partial charge in [0, 0.05) is 0 Å². The van der Waals surface area contributed by atoms with Gasteiger partial charge in [0.25, 0.3) is 0 Å². The Hall–Kier alpha value is -1.87. The number of hydrogen-bond donors (Lipinski definition) is 0. The predicted molar refractivity (Wildman–Crippen MR) is 141 cm³/mol. The number of methoxy groups -OCH3 is 1. The maximum Gasteiger partial charge on any atom is 0.331 e. The van der Waals surface area contributed by atoms with Crippen molar-refractivity contribution in [1.29, 1.82) is 0 Å². The molecule has 0 bridgehead atoms. The van der Waals surface area contributed by atoms with Gasteiger partial charge in [-0.3, -0.25) is 0 Å². The molecule has 0 saturated carbocycles. The second-order valence-corrected chi connectivity index (χ2v) is 7.69. The molecular weight excluding hydrogens is 516 g/mol. The lowest BCUT2D eigenvalue weighted by molar-refractivity contribution is -0.146. The van der Waals surface area contributed by atoms with Crippen LogP contribution in [0.5, 0.6) is 5.75 Å². The largest absolute Gasteiger partial charge is 0.491 e. The van der Waals surface area contributed by atoms with Crippen LogP contribution in [-0.4, -0.2) is 139 Å². The lowest BCUT2D eigenvalue weighted by Crippen LogP contribution is -2.16. The fourth-order valence-electron chi connectivity index (χ4n) is 2.71. The Balaban J connectivity index is 1.63. The molecule has 39 heavy (non-hydrogen) atoms. The Kier molecular flexibility index (Phi) is 26.3. The summed E-state index contributed by atoms with van der Waals surface area (Å²) in [6.07, 6.45) is 0. The van der Waals surface area contributed by atoms with Crippen molar-refractivity contribution < 1.29 is 56.9 Å². The molecule has 0 atom stereocenters. The first kappa shape index (κ1) is 35.2. The van der Waals surface area contributed by atoms with Crippen LogP contribution >= 0.6 is 0 Å². The summed E-state index contributed by atoms with van der Waals surface area (Å²) in [5.74, 6) is 0.435. The molecule has 0 aliphatic rings. The van der Waals surface area contributed by atoms with Gasteiger partial charge in [0.1, 0.15) is 19.0 Å². The molecule has 0 aliphatic carbocycles. The molecule has 0 N–H and O–H groups in total. The van der Waals surface area contributed by atoms with E-state index in [0.29, 0.717) is 119 Å². The fraction of sp³-hybridized carbons (Fsp3) is 0.741. The summed E-state index contributed by atoms with van der Waals surface area (Å²) in [6.45, 7) is 8.65. The minimum absolute atomic E-state index is 0.0679. The summed E-state index contributed by atoms with van der Waals surface area (Å²) in [6, 6.07) is 9.65. The highest BCUT2D eigenvalue weighted by Gasteiger charge is 1.99. The van der Waals surface area contributed by atoms with E-state index in [1.54, 1.807) is 0 Å². The number of ether oxygens (including phenoxy) is 11. The summed E-state index contributed by atoms with van der Waals surface area (Å²) in [7, 11) is 1.32. The summed E-state index contributed by atoms with van der Waals surface area (Å²) in [5.41, 5.74) is 0. The Labute approximate surface area is 232 Å². The molecule has 0 saturated heterocycles. The summed E-state index contributed by atoms with van der Waals surface area (Å²) >= 11 is 0. The lowest BCUT2D eigenvalue weighted by Gasteiger charge is -2.09. The third kappa shape index (κ3) is 26.1. The average Bonchev–Trinajstić information content (AvgIpc) is 2.96. The van der Waals surface area contributed by atoms with Crippen molar-refractivity contribution in [2.45, 2.75) is 0 Å². The number of esters is 1. The molecular formula is C27H46O12. The highest BCUT2D eigenvalue weighted by molar-refractivity contribution is 5.70. The molecule has 0 heterocycles. The lowest BCUT2D eigenvalue weighted by atomic mass is 10.3. The molecule has 12 nitrogen and oxygen atoms in total.